The highest BCUT2D eigenvalue weighted by Crippen LogP contribution is 2.30. The van der Waals surface area contributed by atoms with E-state index >= 15 is 0 Å². The second kappa shape index (κ2) is 5.93. The maximum atomic E-state index is 11.4. The van der Waals surface area contributed by atoms with Gasteiger partial charge in [0.2, 0.25) is 0 Å². The molecule has 5 heteroatoms. The number of carbonyl (C=O) groups excluding carboxylic acids is 1. The summed E-state index contributed by atoms with van der Waals surface area (Å²) in [7, 11) is 1.58. The molecular weight excluding hydrogens is 236 g/mol. The van der Waals surface area contributed by atoms with Crippen molar-refractivity contribution < 1.29 is 9.90 Å². The average Bonchev–Trinajstić information content (AvgIpc) is 2.30. The maximum Gasteiger partial charge on any atom is 0.251 e. The number of nitrogens with two attached hydrogens (primary N) is 1. The summed E-state index contributed by atoms with van der Waals surface area (Å²) in [6.07, 6.45) is -0.405. The lowest BCUT2D eigenvalue weighted by atomic mass is 10.2. The van der Waals surface area contributed by atoms with E-state index in [4.69, 9.17) is 5.73 Å². The van der Waals surface area contributed by atoms with Gasteiger partial charge in [-0.3, -0.25) is 4.79 Å². The molecule has 2 unspecified atom stereocenters. The van der Waals surface area contributed by atoms with Crippen LogP contribution in [0.4, 0.5) is 5.69 Å². The number of hydrogen-bond acceptors (Lipinski definition) is 4. The molecule has 0 aromatic heterocycles. The fourth-order valence-electron chi connectivity index (χ4n) is 1.24. The molecule has 1 aromatic rings. The first-order valence-corrected chi connectivity index (χ1v) is 6.30. The minimum Gasteiger partial charge on any atom is -0.398 e. The highest BCUT2D eigenvalue weighted by atomic mass is 32.2. The predicted molar refractivity (Wildman–Crippen MR) is 71.2 cm³/mol. The van der Waals surface area contributed by atoms with Crippen LogP contribution in [0.25, 0.3) is 0 Å². The van der Waals surface area contributed by atoms with Crippen LogP contribution in [0.3, 0.4) is 0 Å². The van der Waals surface area contributed by atoms with Gasteiger partial charge in [-0.1, -0.05) is 6.92 Å². The molecule has 0 saturated carbocycles. The van der Waals surface area contributed by atoms with E-state index in [0.29, 0.717) is 11.3 Å². The Morgan fingerprint density at radius 1 is 1.47 bits per heavy atom. The Kier molecular flexibility index (Phi) is 4.84. The lowest BCUT2D eigenvalue weighted by Gasteiger charge is -2.15. The molecule has 0 aliphatic carbocycles. The Hall–Kier alpha value is -1.20. The monoisotopic (exact) mass is 254 g/mol. The molecule has 0 saturated heterocycles. The smallest absolute Gasteiger partial charge is 0.251 e. The third kappa shape index (κ3) is 3.64. The van der Waals surface area contributed by atoms with E-state index in [1.165, 1.54) is 11.8 Å². The Balaban J connectivity index is 2.87. The van der Waals surface area contributed by atoms with Crippen molar-refractivity contribution in [1.82, 2.24) is 5.32 Å². The highest BCUT2D eigenvalue weighted by Gasteiger charge is 2.13. The van der Waals surface area contributed by atoms with Gasteiger partial charge in [-0.15, -0.1) is 11.8 Å². The van der Waals surface area contributed by atoms with Gasteiger partial charge in [0.1, 0.15) is 0 Å². The summed E-state index contributed by atoms with van der Waals surface area (Å²) < 4.78 is 0. The number of hydrogen-bond donors (Lipinski definition) is 3. The molecule has 0 heterocycles. The summed E-state index contributed by atoms with van der Waals surface area (Å²) in [5, 5.41) is 12.0. The van der Waals surface area contributed by atoms with Gasteiger partial charge >= 0.3 is 0 Å². The van der Waals surface area contributed by atoms with Crippen LogP contribution >= 0.6 is 11.8 Å². The summed E-state index contributed by atoms with van der Waals surface area (Å²) in [5.41, 5.74) is 6.98. The Morgan fingerprint density at radius 2 is 2.12 bits per heavy atom. The Labute approximate surface area is 106 Å². The van der Waals surface area contributed by atoms with Crippen molar-refractivity contribution in [3.05, 3.63) is 23.8 Å². The van der Waals surface area contributed by atoms with E-state index in [9.17, 15) is 9.90 Å². The summed E-state index contributed by atoms with van der Waals surface area (Å²) >= 11 is 1.50. The molecule has 2 atom stereocenters. The molecule has 4 nitrogen and oxygen atoms in total. The van der Waals surface area contributed by atoms with Crippen molar-refractivity contribution in [1.29, 1.82) is 0 Å². The zero-order valence-electron chi connectivity index (χ0n) is 10.2. The van der Waals surface area contributed by atoms with Gasteiger partial charge in [0.15, 0.2) is 0 Å². The number of amides is 1. The van der Waals surface area contributed by atoms with Gasteiger partial charge in [-0.2, -0.15) is 0 Å². The zero-order valence-corrected chi connectivity index (χ0v) is 11.0. The normalized spacial score (nSPS) is 14.1. The number of aliphatic hydroxyl groups excluding tert-OH is 1. The number of thioether (sulfide) groups is 1. The maximum absolute atomic E-state index is 11.4. The van der Waals surface area contributed by atoms with Crippen LogP contribution in [0.1, 0.15) is 24.2 Å². The molecule has 0 bridgehead atoms. The van der Waals surface area contributed by atoms with Crippen molar-refractivity contribution in [3.8, 4) is 0 Å². The standard InChI is InChI=1S/C12H18N2O2S/c1-7(15)8(2)17-11-5-4-9(6-10(11)13)12(16)14-3/h4-8,15H,13H2,1-3H3,(H,14,16). The second-order valence-corrected chi connectivity index (χ2v) is 5.31. The van der Waals surface area contributed by atoms with E-state index < -0.39 is 6.10 Å². The molecule has 0 fully saturated rings. The van der Waals surface area contributed by atoms with Crippen LogP contribution in [-0.4, -0.2) is 29.4 Å². The zero-order chi connectivity index (χ0) is 13.0. The topological polar surface area (TPSA) is 75.3 Å². The van der Waals surface area contributed by atoms with Gasteiger partial charge in [0.25, 0.3) is 5.91 Å². The van der Waals surface area contributed by atoms with Crippen molar-refractivity contribution in [2.75, 3.05) is 12.8 Å². The first kappa shape index (κ1) is 13.9. The first-order chi connectivity index (χ1) is 7.95. The Morgan fingerprint density at radius 3 is 2.59 bits per heavy atom. The third-order valence-electron chi connectivity index (χ3n) is 2.49. The van der Waals surface area contributed by atoms with Gasteiger partial charge in [0.05, 0.1) is 6.10 Å². The van der Waals surface area contributed by atoms with Crippen LogP contribution in [0.2, 0.25) is 0 Å². The molecule has 94 valence electrons. The summed E-state index contributed by atoms with van der Waals surface area (Å²) in [5.74, 6) is -0.156. The van der Waals surface area contributed by atoms with E-state index in [0.717, 1.165) is 4.90 Å². The first-order valence-electron chi connectivity index (χ1n) is 5.42. The molecule has 1 aromatic carbocycles. The van der Waals surface area contributed by atoms with E-state index in [2.05, 4.69) is 5.32 Å². The largest absolute Gasteiger partial charge is 0.398 e. The van der Waals surface area contributed by atoms with Crippen LogP contribution in [0.5, 0.6) is 0 Å². The van der Waals surface area contributed by atoms with E-state index in [1.807, 2.05) is 13.0 Å². The van der Waals surface area contributed by atoms with Gasteiger partial charge in [-0.05, 0) is 25.1 Å². The van der Waals surface area contributed by atoms with Crippen LogP contribution < -0.4 is 11.1 Å². The highest BCUT2D eigenvalue weighted by molar-refractivity contribution is 8.00. The summed E-state index contributed by atoms with van der Waals surface area (Å²) in [6, 6.07) is 5.19. The fourth-order valence-corrected chi connectivity index (χ4v) is 2.18. The molecule has 17 heavy (non-hydrogen) atoms. The van der Waals surface area contributed by atoms with Crippen molar-refractivity contribution >= 4 is 23.4 Å². The second-order valence-electron chi connectivity index (χ2n) is 3.90. The quantitative estimate of drug-likeness (QED) is 0.562. The number of carbonyl (C=O) groups is 1. The van der Waals surface area contributed by atoms with Crippen LogP contribution in [-0.2, 0) is 0 Å². The molecular formula is C12H18N2O2S. The molecule has 1 amide bonds. The molecule has 0 aliphatic heterocycles. The summed E-state index contributed by atoms with van der Waals surface area (Å²) in [4.78, 5) is 12.3. The van der Waals surface area contributed by atoms with Gasteiger partial charge in [-0.25, -0.2) is 0 Å². The molecule has 0 radical (unpaired) electrons. The van der Waals surface area contributed by atoms with E-state index in [-0.39, 0.29) is 11.2 Å². The molecule has 4 N–H and O–H groups in total. The lowest BCUT2D eigenvalue weighted by molar-refractivity contribution is 0.0963. The number of nitrogens with one attached hydrogen (secondary N) is 1. The summed E-state index contributed by atoms with van der Waals surface area (Å²) in [6.45, 7) is 3.67. The van der Waals surface area contributed by atoms with E-state index in [1.54, 1.807) is 26.1 Å². The number of benzene rings is 1. The third-order valence-corrected chi connectivity index (χ3v) is 3.88. The molecule has 0 aliphatic rings. The predicted octanol–water partition coefficient (Wildman–Crippen LogP) is 1.49. The molecule has 0 spiro atoms. The fraction of sp³-hybridized carbons (Fsp3) is 0.417. The minimum atomic E-state index is -0.405. The van der Waals surface area contributed by atoms with Gasteiger partial charge in [0, 0.05) is 28.4 Å². The number of nitrogen functional groups attached to an aromatic ring is 1. The SMILES string of the molecule is CNC(=O)c1ccc(SC(C)C(C)O)c(N)c1. The molecule has 1 rings (SSSR count). The Bertz CT molecular complexity index is 407. The van der Waals surface area contributed by atoms with Crippen molar-refractivity contribution in [2.24, 2.45) is 0 Å². The van der Waals surface area contributed by atoms with Gasteiger partial charge < -0.3 is 16.2 Å². The van der Waals surface area contributed by atoms with Crippen LogP contribution in [0, 0.1) is 0 Å². The van der Waals surface area contributed by atoms with Crippen LogP contribution in [0.15, 0.2) is 23.1 Å². The average molecular weight is 254 g/mol. The van der Waals surface area contributed by atoms with Crippen molar-refractivity contribution in [2.45, 2.75) is 30.1 Å². The number of rotatable bonds is 4. The minimum absolute atomic E-state index is 0.0585. The number of aliphatic hydroxyl groups is 1. The van der Waals surface area contributed by atoms with Crippen molar-refractivity contribution in [3.63, 3.8) is 0 Å². The number of anilines is 1. The lowest BCUT2D eigenvalue weighted by Crippen LogP contribution is -2.18.